The van der Waals surface area contributed by atoms with E-state index in [-0.39, 0.29) is 11.1 Å². The predicted octanol–water partition coefficient (Wildman–Crippen LogP) is 9.57. The van der Waals surface area contributed by atoms with Gasteiger partial charge in [-0.1, -0.05) is 99.0 Å². The van der Waals surface area contributed by atoms with Crippen LogP contribution in [0.25, 0.3) is 56.2 Å². The van der Waals surface area contributed by atoms with E-state index >= 15 is 0 Å². The minimum Gasteiger partial charge on any atom is -0.340 e. The summed E-state index contributed by atoms with van der Waals surface area (Å²) in [6, 6.07) is 36.7. The van der Waals surface area contributed by atoms with Crippen LogP contribution in [0.4, 0.5) is 0 Å². The van der Waals surface area contributed by atoms with Crippen LogP contribution in [-0.2, 0) is 6.54 Å². The van der Waals surface area contributed by atoms with Crippen molar-refractivity contribution in [1.29, 1.82) is 21.0 Å². The van der Waals surface area contributed by atoms with Crippen molar-refractivity contribution in [2.45, 2.75) is 39.2 Å². The van der Waals surface area contributed by atoms with Gasteiger partial charge < -0.3 is 4.57 Å². The number of unbranched alkanes of at least 4 members (excludes halogenated alkanes) is 3. The van der Waals surface area contributed by atoms with Gasteiger partial charge >= 0.3 is 0 Å². The van der Waals surface area contributed by atoms with Gasteiger partial charge in [-0.3, -0.25) is 0 Å². The van der Waals surface area contributed by atoms with Gasteiger partial charge in [-0.2, -0.15) is 21.0 Å². The van der Waals surface area contributed by atoms with Gasteiger partial charge in [-0.05, 0) is 64.1 Å². The Balaban J connectivity index is 1.56. The lowest BCUT2D eigenvalue weighted by Crippen LogP contribution is -1.98. The second-order valence-electron chi connectivity index (χ2n) is 10.5. The first-order chi connectivity index (χ1) is 21.1. The average molecular weight is 556 g/mol. The maximum atomic E-state index is 9.07. The molecule has 0 aliphatic heterocycles. The molecule has 206 valence electrons. The molecule has 1 heterocycles. The molecule has 0 aliphatic rings. The molecule has 0 unspecified atom stereocenters. The van der Waals surface area contributed by atoms with E-state index in [2.05, 4.69) is 47.9 Å². The highest BCUT2D eigenvalue weighted by atomic mass is 15.0. The fourth-order valence-electron chi connectivity index (χ4n) is 5.45. The summed E-state index contributed by atoms with van der Waals surface area (Å²) in [5.74, 6) is 0. The zero-order chi connectivity index (χ0) is 30.2. The summed E-state index contributed by atoms with van der Waals surface area (Å²) < 4.78 is 2.44. The van der Waals surface area contributed by atoms with E-state index in [4.69, 9.17) is 21.0 Å². The zero-order valence-corrected chi connectivity index (χ0v) is 24.0. The maximum absolute atomic E-state index is 9.07. The van der Waals surface area contributed by atoms with Crippen LogP contribution >= 0.6 is 0 Å². The Kier molecular flexibility index (Phi) is 8.78. The van der Waals surface area contributed by atoms with Crippen LogP contribution in [0.1, 0.15) is 43.7 Å². The number of allylic oxidation sites excluding steroid dienone is 2. The molecule has 0 saturated heterocycles. The van der Waals surface area contributed by atoms with Gasteiger partial charge in [0.2, 0.25) is 0 Å². The molecule has 43 heavy (non-hydrogen) atoms. The number of hydrogen-bond acceptors (Lipinski definition) is 4. The van der Waals surface area contributed by atoms with E-state index in [1.54, 1.807) is 12.2 Å². The van der Waals surface area contributed by atoms with E-state index in [1.807, 2.05) is 72.8 Å². The lowest BCUT2D eigenvalue weighted by Gasteiger charge is -2.10. The third kappa shape index (κ3) is 6.24. The highest BCUT2D eigenvalue weighted by molar-refractivity contribution is 6.10. The largest absolute Gasteiger partial charge is 0.340 e. The summed E-state index contributed by atoms with van der Waals surface area (Å²) in [6.45, 7) is 3.15. The average Bonchev–Trinajstić information content (AvgIpc) is 3.37. The molecule has 0 bridgehead atoms. The first-order valence-corrected chi connectivity index (χ1v) is 14.4. The van der Waals surface area contributed by atoms with Crippen LogP contribution in [0.2, 0.25) is 0 Å². The smallest absolute Gasteiger partial charge is 0.130 e. The van der Waals surface area contributed by atoms with Crippen molar-refractivity contribution in [3.05, 3.63) is 107 Å². The van der Waals surface area contributed by atoms with E-state index < -0.39 is 0 Å². The van der Waals surface area contributed by atoms with Gasteiger partial charge in [0.25, 0.3) is 0 Å². The van der Waals surface area contributed by atoms with Gasteiger partial charge in [0.1, 0.15) is 35.4 Å². The van der Waals surface area contributed by atoms with Crippen LogP contribution in [0.5, 0.6) is 0 Å². The molecule has 0 saturated carbocycles. The molecule has 0 atom stereocenters. The minimum atomic E-state index is 0.0843. The molecule has 0 radical (unpaired) electrons. The monoisotopic (exact) mass is 555 g/mol. The molecular weight excluding hydrogens is 526 g/mol. The molecule has 0 amide bonds. The van der Waals surface area contributed by atoms with Gasteiger partial charge in [0, 0.05) is 28.4 Å². The molecule has 1 aromatic heterocycles. The Morgan fingerprint density at radius 3 is 1.37 bits per heavy atom. The Morgan fingerprint density at radius 1 is 0.558 bits per heavy atom. The predicted molar refractivity (Wildman–Crippen MR) is 173 cm³/mol. The lowest BCUT2D eigenvalue weighted by atomic mass is 10.00. The van der Waals surface area contributed by atoms with Crippen molar-refractivity contribution in [3.8, 4) is 46.5 Å². The molecule has 5 heteroatoms. The number of rotatable bonds is 9. The summed E-state index contributed by atoms with van der Waals surface area (Å²) in [6.07, 6.45) is 7.88. The molecule has 5 rings (SSSR count). The second-order valence-corrected chi connectivity index (χ2v) is 10.5. The van der Waals surface area contributed by atoms with Gasteiger partial charge in [-0.25, -0.2) is 0 Å². The number of benzene rings is 4. The van der Waals surface area contributed by atoms with Crippen LogP contribution in [0.15, 0.2) is 96.1 Å². The number of nitrogens with zero attached hydrogens (tertiary/aromatic N) is 5. The van der Waals surface area contributed by atoms with Crippen molar-refractivity contribution in [3.63, 3.8) is 0 Å². The Morgan fingerprint density at radius 2 is 0.977 bits per heavy atom. The van der Waals surface area contributed by atoms with Gasteiger partial charge in [0.05, 0.1) is 0 Å². The molecule has 0 spiro atoms. The van der Waals surface area contributed by atoms with Crippen molar-refractivity contribution < 1.29 is 0 Å². The molecule has 0 aliphatic carbocycles. The van der Waals surface area contributed by atoms with Crippen LogP contribution in [-0.4, -0.2) is 4.57 Å². The molecule has 5 aromatic rings. The first-order valence-electron chi connectivity index (χ1n) is 14.4. The molecular formula is C38H29N5. The van der Waals surface area contributed by atoms with Crippen LogP contribution in [0.3, 0.4) is 0 Å². The van der Waals surface area contributed by atoms with E-state index in [0.29, 0.717) is 0 Å². The van der Waals surface area contributed by atoms with Crippen LogP contribution < -0.4 is 0 Å². The summed E-state index contributed by atoms with van der Waals surface area (Å²) in [5.41, 5.74) is 8.57. The second kappa shape index (κ2) is 13.2. The fraction of sp³-hybridized carbons (Fsp3) is 0.158. The van der Waals surface area contributed by atoms with Gasteiger partial charge in [0.15, 0.2) is 0 Å². The van der Waals surface area contributed by atoms with Crippen molar-refractivity contribution in [1.82, 2.24) is 4.57 Å². The van der Waals surface area contributed by atoms with E-state index in [0.717, 1.165) is 46.3 Å². The van der Waals surface area contributed by atoms with E-state index in [1.165, 1.54) is 41.1 Å². The number of aryl methyl sites for hydroxylation is 1. The zero-order valence-electron chi connectivity index (χ0n) is 24.0. The van der Waals surface area contributed by atoms with Crippen molar-refractivity contribution in [2.75, 3.05) is 0 Å². The first kappa shape index (κ1) is 28.6. The lowest BCUT2D eigenvalue weighted by molar-refractivity contribution is 0.602. The number of aromatic nitrogens is 1. The molecule has 0 N–H and O–H groups in total. The van der Waals surface area contributed by atoms with Gasteiger partial charge in [-0.15, -0.1) is 0 Å². The maximum Gasteiger partial charge on any atom is 0.130 e. The quantitative estimate of drug-likeness (QED) is 0.133. The molecule has 0 fully saturated rings. The summed E-state index contributed by atoms with van der Waals surface area (Å²) in [5, 5.41) is 38.7. The number of nitriles is 4. The Labute approximate surface area is 252 Å². The minimum absolute atomic E-state index is 0.0843. The van der Waals surface area contributed by atoms with Crippen molar-refractivity contribution >= 4 is 34.0 Å². The highest BCUT2D eigenvalue weighted by Gasteiger charge is 2.13. The Bertz CT molecular complexity index is 1850. The van der Waals surface area contributed by atoms with Crippen LogP contribution in [0, 0.1) is 45.3 Å². The third-order valence-corrected chi connectivity index (χ3v) is 7.69. The summed E-state index contributed by atoms with van der Waals surface area (Å²) in [7, 11) is 0. The topological polar surface area (TPSA) is 100 Å². The molecule has 5 nitrogen and oxygen atoms in total. The molecule has 4 aromatic carbocycles. The number of hydrogen-bond donors (Lipinski definition) is 0. The number of fused-ring (bicyclic) bond motifs is 3. The van der Waals surface area contributed by atoms with Crippen molar-refractivity contribution in [2.24, 2.45) is 0 Å². The third-order valence-electron chi connectivity index (χ3n) is 7.69. The standard InChI is InChI=1S/C38H29N5/c1-2-3-4-5-18-43-37-21-33(31-10-6-27(7-11-31)19-29(23-39)24-40)14-16-35(37)36-17-15-34(22-38(36)43)32-12-8-28(9-13-32)20-30(25-41)26-42/h6-17,19-22H,2-5,18H2,1H3. The SMILES string of the molecule is CCCCCCn1c2cc(-c3ccc(C=C(C#N)C#N)cc3)ccc2c2ccc(-c3ccc(C=C(C#N)C#N)cc3)cc21. The summed E-state index contributed by atoms with van der Waals surface area (Å²) in [4.78, 5) is 0. The van der Waals surface area contributed by atoms with E-state index in [9.17, 15) is 0 Å². The summed E-state index contributed by atoms with van der Waals surface area (Å²) >= 11 is 0. The normalized spacial score (nSPS) is 10.3. The highest BCUT2D eigenvalue weighted by Crippen LogP contribution is 2.35. The Hall–Kier alpha value is -5.88. The fourth-order valence-corrected chi connectivity index (χ4v) is 5.45.